The fourth-order valence-corrected chi connectivity index (χ4v) is 4.17. The van der Waals surface area contributed by atoms with Crippen LogP contribution in [0.5, 0.6) is 0 Å². The molecule has 118 valence electrons. The van der Waals surface area contributed by atoms with Gasteiger partial charge < -0.3 is 9.67 Å². The summed E-state index contributed by atoms with van der Waals surface area (Å²) in [6.45, 7) is 1.61. The molecule has 0 saturated carbocycles. The van der Waals surface area contributed by atoms with Gasteiger partial charge in [0, 0.05) is 23.4 Å². The molecule has 5 nitrogen and oxygen atoms in total. The number of aliphatic carboxylic acids is 1. The van der Waals surface area contributed by atoms with Crippen molar-refractivity contribution in [2.75, 3.05) is 6.26 Å². The second kappa shape index (κ2) is 4.81. The van der Waals surface area contributed by atoms with Crippen LogP contribution in [0.25, 0.3) is 10.9 Å². The molecule has 7 heteroatoms. The number of carbonyl (C=O) groups is 1. The molecule has 3 rings (SSSR count). The van der Waals surface area contributed by atoms with Crippen LogP contribution in [0.3, 0.4) is 0 Å². The number of aryl methyl sites for hydroxylation is 1. The predicted molar refractivity (Wildman–Crippen MR) is 79.2 cm³/mol. The maximum absolute atomic E-state index is 13.7. The van der Waals surface area contributed by atoms with E-state index in [4.69, 9.17) is 0 Å². The van der Waals surface area contributed by atoms with Crippen LogP contribution in [0.4, 0.5) is 4.39 Å². The van der Waals surface area contributed by atoms with Gasteiger partial charge in [0.25, 0.3) is 0 Å². The molecule has 1 aromatic heterocycles. The lowest BCUT2D eigenvalue weighted by molar-refractivity contribution is -0.142. The second-order valence-electron chi connectivity index (χ2n) is 5.85. The highest BCUT2D eigenvalue weighted by Crippen LogP contribution is 2.40. The lowest BCUT2D eigenvalue weighted by Gasteiger charge is -2.20. The number of halogens is 1. The van der Waals surface area contributed by atoms with Gasteiger partial charge in [-0.05, 0) is 38.0 Å². The van der Waals surface area contributed by atoms with E-state index >= 15 is 0 Å². The van der Waals surface area contributed by atoms with Gasteiger partial charge >= 0.3 is 5.97 Å². The number of sulfone groups is 1. The van der Waals surface area contributed by atoms with Gasteiger partial charge in [0.05, 0.1) is 16.3 Å². The molecular weight excluding hydrogens is 309 g/mol. The minimum atomic E-state index is -3.62. The van der Waals surface area contributed by atoms with Gasteiger partial charge in [-0.25, -0.2) is 12.8 Å². The Kier molecular flexibility index (Phi) is 3.28. The van der Waals surface area contributed by atoms with E-state index in [-0.39, 0.29) is 10.9 Å². The van der Waals surface area contributed by atoms with E-state index in [9.17, 15) is 22.7 Å². The summed E-state index contributed by atoms with van der Waals surface area (Å²) >= 11 is 0. The maximum atomic E-state index is 13.7. The lowest BCUT2D eigenvalue weighted by Crippen LogP contribution is -2.21. The van der Waals surface area contributed by atoms with Crippen LogP contribution in [0.15, 0.2) is 23.1 Å². The van der Waals surface area contributed by atoms with Crippen molar-refractivity contribution in [2.24, 2.45) is 5.92 Å². The molecule has 1 aromatic carbocycles. The zero-order chi connectivity index (χ0) is 16.2. The van der Waals surface area contributed by atoms with Gasteiger partial charge in [0.15, 0.2) is 9.84 Å². The van der Waals surface area contributed by atoms with Gasteiger partial charge in [0.1, 0.15) is 5.82 Å². The number of hydrogen-bond acceptors (Lipinski definition) is 3. The highest BCUT2D eigenvalue weighted by atomic mass is 32.2. The first-order valence-corrected chi connectivity index (χ1v) is 8.85. The Labute approximate surface area is 127 Å². The molecule has 1 aliphatic rings. The van der Waals surface area contributed by atoms with E-state index in [0.717, 1.165) is 18.0 Å². The average Bonchev–Trinajstić information content (AvgIpc) is 2.93. The van der Waals surface area contributed by atoms with Gasteiger partial charge in [-0.2, -0.15) is 0 Å². The third kappa shape index (κ3) is 2.20. The normalized spacial score (nSPS) is 19.3. The maximum Gasteiger partial charge on any atom is 0.308 e. The topological polar surface area (TPSA) is 76.4 Å². The summed E-state index contributed by atoms with van der Waals surface area (Å²) < 4.78 is 39.5. The van der Waals surface area contributed by atoms with E-state index in [1.807, 2.05) is 0 Å². The number of hydrogen-bond donors (Lipinski definition) is 1. The second-order valence-corrected chi connectivity index (χ2v) is 7.84. The molecular formula is C15H16FNO4S. The summed E-state index contributed by atoms with van der Waals surface area (Å²) in [6.07, 6.45) is 2.33. The highest BCUT2D eigenvalue weighted by molar-refractivity contribution is 7.91. The number of benzene rings is 1. The minimum Gasteiger partial charge on any atom is -0.481 e. The van der Waals surface area contributed by atoms with Gasteiger partial charge in [-0.15, -0.1) is 0 Å². The molecule has 2 atom stereocenters. The fraction of sp³-hybridized carbons (Fsp3) is 0.400. The van der Waals surface area contributed by atoms with Gasteiger partial charge in [-0.1, -0.05) is 0 Å². The molecule has 0 fully saturated rings. The molecule has 2 aromatic rings. The summed E-state index contributed by atoms with van der Waals surface area (Å²) in [5, 5.41) is 9.76. The summed E-state index contributed by atoms with van der Waals surface area (Å²) in [4.78, 5) is 11.2. The fourth-order valence-electron chi connectivity index (χ4n) is 3.27. The first-order valence-electron chi connectivity index (χ1n) is 6.96. The minimum absolute atomic E-state index is 0.0850. The van der Waals surface area contributed by atoms with Crippen molar-refractivity contribution in [3.63, 3.8) is 0 Å². The quantitative estimate of drug-likeness (QED) is 0.940. The van der Waals surface area contributed by atoms with Crippen molar-refractivity contribution in [3.05, 3.63) is 29.7 Å². The van der Waals surface area contributed by atoms with Gasteiger partial charge in [-0.3, -0.25) is 4.79 Å². The van der Waals surface area contributed by atoms with E-state index in [2.05, 4.69) is 0 Å². The van der Waals surface area contributed by atoms with Crippen molar-refractivity contribution in [3.8, 4) is 0 Å². The third-order valence-electron chi connectivity index (χ3n) is 4.34. The summed E-state index contributed by atoms with van der Waals surface area (Å²) in [7, 11) is -3.62. The highest BCUT2D eigenvalue weighted by Gasteiger charge is 2.34. The number of carboxylic acid groups (broad SMARTS) is 1. The van der Waals surface area contributed by atoms with Crippen molar-refractivity contribution in [1.29, 1.82) is 0 Å². The van der Waals surface area contributed by atoms with Crippen LogP contribution < -0.4 is 0 Å². The smallest absolute Gasteiger partial charge is 0.308 e. The number of aromatic nitrogens is 1. The van der Waals surface area contributed by atoms with Crippen molar-refractivity contribution < 1.29 is 22.7 Å². The molecule has 1 unspecified atom stereocenters. The molecule has 0 aliphatic carbocycles. The van der Waals surface area contributed by atoms with Crippen molar-refractivity contribution >= 4 is 26.7 Å². The zero-order valence-corrected chi connectivity index (χ0v) is 13.0. The van der Waals surface area contributed by atoms with Gasteiger partial charge in [0.2, 0.25) is 0 Å². The number of nitrogens with zero attached hydrogens (tertiary/aromatic N) is 1. The van der Waals surface area contributed by atoms with Crippen LogP contribution in [0, 0.1) is 11.7 Å². The Balaban J connectivity index is 2.34. The van der Waals surface area contributed by atoms with E-state index in [1.165, 1.54) is 6.07 Å². The SMILES string of the molecule is CC(C(=O)O)[C@H]1CCc2cc3cc(F)cc(S(C)(=O)=O)c3n21. The average molecular weight is 325 g/mol. The van der Waals surface area contributed by atoms with Crippen LogP contribution in [0.1, 0.15) is 25.1 Å². The summed E-state index contributed by atoms with van der Waals surface area (Å²) in [5.74, 6) is -2.18. The molecule has 0 spiro atoms. The summed E-state index contributed by atoms with van der Waals surface area (Å²) in [6, 6.07) is 3.72. The molecule has 2 heterocycles. The molecule has 0 bridgehead atoms. The predicted octanol–water partition coefficient (Wildman–Crippen LogP) is 2.39. The number of fused-ring (bicyclic) bond motifs is 3. The first-order chi connectivity index (χ1) is 10.2. The monoisotopic (exact) mass is 325 g/mol. The molecule has 22 heavy (non-hydrogen) atoms. The standard InChI is InChI=1S/C15H16FNO4S/c1-8(15(18)19)12-4-3-11-6-9-5-10(16)7-13(22(2,20)21)14(9)17(11)12/h5-8,12H,3-4H2,1-2H3,(H,18,19)/t8?,12-/m1/s1. The molecule has 1 aliphatic heterocycles. The Morgan fingerprint density at radius 1 is 1.41 bits per heavy atom. The molecule has 0 saturated heterocycles. The van der Waals surface area contributed by atoms with E-state index in [1.54, 1.807) is 17.6 Å². The van der Waals surface area contributed by atoms with Crippen molar-refractivity contribution in [2.45, 2.75) is 30.7 Å². The number of rotatable bonds is 3. The zero-order valence-electron chi connectivity index (χ0n) is 12.2. The van der Waals surface area contributed by atoms with Crippen LogP contribution in [0.2, 0.25) is 0 Å². The third-order valence-corrected chi connectivity index (χ3v) is 5.45. The van der Waals surface area contributed by atoms with E-state index in [0.29, 0.717) is 23.7 Å². The number of carboxylic acids is 1. The lowest BCUT2D eigenvalue weighted by atomic mass is 9.99. The molecule has 0 amide bonds. The van der Waals surface area contributed by atoms with Crippen LogP contribution >= 0.6 is 0 Å². The Morgan fingerprint density at radius 2 is 2.09 bits per heavy atom. The van der Waals surface area contributed by atoms with Crippen molar-refractivity contribution in [1.82, 2.24) is 4.57 Å². The largest absolute Gasteiger partial charge is 0.481 e. The molecule has 1 N–H and O–H groups in total. The van der Waals surface area contributed by atoms with E-state index < -0.39 is 27.5 Å². The summed E-state index contributed by atoms with van der Waals surface area (Å²) in [5.41, 5.74) is 1.26. The first kappa shape index (κ1) is 15.0. The Morgan fingerprint density at radius 3 is 2.68 bits per heavy atom. The Bertz CT molecular complexity index is 885. The Hall–Kier alpha value is -1.89. The van der Waals surface area contributed by atoms with Crippen LogP contribution in [-0.2, 0) is 21.1 Å². The molecule has 0 radical (unpaired) electrons. The van der Waals surface area contributed by atoms with Crippen LogP contribution in [-0.4, -0.2) is 30.3 Å².